The van der Waals surface area contributed by atoms with E-state index >= 15 is 0 Å². The van der Waals surface area contributed by atoms with Gasteiger partial charge in [-0.2, -0.15) is 0 Å². The van der Waals surface area contributed by atoms with E-state index in [-0.39, 0.29) is 0 Å². The van der Waals surface area contributed by atoms with Crippen LogP contribution in [0.1, 0.15) is 59.3 Å². The minimum Gasteiger partial charge on any atom is -0.481 e. The summed E-state index contributed by atoms with van der Waals surface area (Å²) in [6.45, 7) is 8.44. The fourth-order valence-corrected chi connectivity index (χ4v) is 3.94. The molecule has 1 heterocycles. The Morgan fingerprint density at radius 2 is 2.06 bits per heavy atom. The number of carboxylic acids is 1. The minimum atomic E-state index is -0.596. The van der Waals surface area contributed by atoms with Crippen LogP contribution < -0.4 is 0 Å². The number of carbonyl (C=O) groups is 1. The van der Waals surface area contributed by atoms with Crippen molar-refractivity contribution in [1.82, 2.24) is 4.90 Å². The highest BCUT2D eigenvalue weighted by molar-refractivity contribution is 5.75. The molecule has 2 unspecified atom stereocenters. The molecule has 1 aliphatic carbocycles. The molecule has 1 N–H and O–H groups in total. The van der Waals surface area contributed by atoms with E-state index in [0.29, 0.717) is 11.5 Å². The van der Waals surface area contributed by atoms with Crippen LogP contribution in [0.2, 0.25) is 0 Å². The molecule has 3 nitrogen and oxygen atoms in total. The van der Waals surface area contributed by atoms with Crippen LogP contribution in [0, 0.1) is 10.8 Å². The molecule has 2 fully saturated rings. The van der Waals surface area contributed by atoms with Crippen molar-refractivity contribution in [2.75, 3.05) is 13.1 Å². The molecule has 2 aliphatic rings. The molecule has 0 radical (unpaired) electrons. The van der Waals surface area contributed by atoms with Gasteiger partial charge in [-0.3, -0.25) is 9.69 Å². The van der Waals surface area contributed by atoms with Gasteiger partial charge in [0.2, 0.25) is 0 Å². The van der Waals surface area contributed by atoms with Crippen LogP contribution in [0.15, 0.2) is 0 Å². The number of nitrogens with zero attached hydrogens (tertiary/aromatic N) is 1. The van der Waals surface area contributed by atoms with Gasteiger partial charge < -0.3 is 5.11 Å². The summed E-state index contributed by atoms with van der Waals surface area (Å²) in [6, 6.07) is 0.582. The molecule has 0 amide bonds. The van der Waals surface area contributed by atoms with E-state index in [1.165, 1.54) is 25.7 Å². The van der Waals surface area contributed by atoms with Gasteiger partial charge in [0.25, 0.3) is 0 Å². The van der Waals surface area contributed by atoms with Crippen LogP contribution in [-0.4, -0.2) is 35.1 Å². The van der Waals surface area contributed by atoms with E-state index in [2.05, 4.69) is 18.7 Å². The second-order valence-electron chi connectivity index (χ2n) is 6.91. The zero-order valence-electron chi connectivity index (χ0n) is 12.0. The molecule has 0 spiro atoms. The van der Waals surface area contributed by atoms with Crippen molar-refractivity contribution in [3.63, 3.8) is 0 Å². The lowest BCUT2D eigenvalue weighted by Gasteiger charge is -2.44. The summed E-state index contributed by atoms with van der Waals surface area (Å²) in [5.41, 5.74) is -0.131. The first-order valence-corrected chi connectivity index (χ1v) is 7.39. The molecule has 3 heteroatoms. The highest BCUT2D eigenvalue weighted by Crippen LogP contribution is 2.43. The van der Waals surface area contributed by atoms with Crippen molar-refractivity contribution in [3.05, 3.63) is 0 Å². The van der Waals surface area contributed by atoms with E-state index in [9.17, 15) is 9.90 Å². The summed E-state index contributed by atoms with van der Waals surface area (Å²) in [7, 11) is 0. The third kappa shape index (κ3) is 2.29. The molecule has 2 rings (SSSR count). The molecule has 0 aromatic rings. The zero-order chi connectivity index (χ0) is 13.4. The van der Waals surface area contributed by atoms with Gasteiger partial charge >= 0.3 is 5.97 Å². The lowest BCUT2D eigenvalue weighted by molar-refractivity contribution is -0.148. The van der Waals surface area contributed by atoms with Gasteiger partial charge in [0.05, 0.1) is 5.41 Å². The first-order chi connectivity index (χ1) is 8.41. The summed E-state index contributed by atoms with van der Waals surface area (Å²) in [5, 5.41) is 9.48. The first kappa shape index (κ1) is 13.9. The van der Waals surface area contributed by atoms with Crippen LogP contribution >= 0.6 is 0 Å². The summed E-state index contributed by atoms with van der Waals surface area (Å²) in [4.78, 5) is 14.0. The Kier molecular flexibility index (Phi) is 3.72. The Hall–Kier alpha value is -0.570. The van der Waals surface area contributed by atoms with Crippen LogP contribution in [0.3, 0.4) is 0 Å². The molecule has 1 saturated carbocycles. The van der Waals surface area contributed by atoms with Crippen molar-refractivity contribution < 1.29 is 9.90 Å². The number of rotatable bonds is 3. The minimum absolute atomic E-state index is 0.348. The van der Waals surface area contributed by atoms with E-state index in [4.69, 9.17) is 0 Å². The van der Waals surface area contributed by atoms with Crippen molar-refractivity contribution in [2.45, 2.75) is 65.3 Å². The smallest absolute Gasteiger partial charge is 0.310 e. The van der Waals surface area contributed by atoms with Crippen molar-refractivity contribution in [2.24, 2.45) is 10.8 Å². The van der Waals surface area contributed by atoms with Gasteiger partial charge in [0.1, 0.15) is 0 Å². The molecular weight excluding hydrogens is 226 g/mol. The number of hydrogen-bond acceptors (Lipinski definition) is 2. The molecule has 1 saturated heterocycles. The largest absolute Gasteiger partial charge is 0.481 e. The monoisotopic (exact) mass is 253 g/mol. The third-order valence-electron chi connectivity index (χ3n) is 5.41. The lowest BCUT2D eigenvalue weighted by Crippen LogP contribution is -2.47. The average molecular weight is 253 g/mol. The second kappa shape index (κ2) is 4.84. The summed E-state index contributed by atoms with van der Waals surface area (Å²) < 4.78 is 0. The van der Waals surface area contributed by atoms with E-state index < -0.39 is 11.4 Å². The average Bonchev–Trinajstić information content (AvgIpc) is 2.74. The van der Waals surface area contributed by atoms with E-state index in [0.717, 1.165) is 25.9 Å². The maximum absolute atomic E-state index is 11.5. The molecule has 1 aliphatic heterocycles. The molecule has 0 aromatic carbocycles. The molecule has 104 valence electrons. The number of aliphatic carboxylic acids is 1. The highest BCUT2D eigenvalue weighted by Gasteiger charge is 2.47. The molecule has 18 heavy (non-hydrogen) atoms. The van der Waals surface area contributed by atoms with Crippen molar-refractivity contribution >= 4 is 5.97 Å². The van der Waals surface area contributed by atoms with Gasteiger partial charge in [-0.15, -0.1) is 0 Å². The van der Waals surface area contributed by atoms with Gasteiger partial charge in [0, 0.05) is 12.6 Å². The Bertz CT molecular complexity index is 326. The van der Waals surface area contributed by atoms with Crippen LogP contribution in [0.25, 0.3) is 0 Å². The standard InChI is InChI=1S/C15H27NO2/c1-4-15(13(17)18)9-10-16(11-15)12-7-5-6-8-14(12,2)3/h12H,4-11H2,1-3H3,(H,17,18). The van der Waals surface area contributed by atoms with Gasteiger partial charge in [-0.1, -0.05) is 33.6 Å². The lowest BCUT2D eigenvalue weighted by atomic mass is 9.72. The van der Waals surface area contributed by atoms with Crippen molar-refractivity contribution in [1.29, 1.82) is 0 Å². The SMILES string of the molecule is CCC1(C(=O)O)CCN(C2CCCCC2(C)C)C1. The Morgan fingerprint density at radius 3 is 2.56 bits per heavy atom. The number of carboxylic acid groups (broad SMARTS) is 1. The van der Waals surface area contributed by atoms with Gasteiger partial charge in [-0.25, -0.2) is 0 Å². The summed E-state index contributed by atoms with van der Waals surface area (Å²) in [6.07, 6.45) is 6.73. The zero-order valence-corrected chi connectivity index (χ0v) is 12.0. The first-order valence-electron chi connectivity index (χ1n) is 7.39. The number of hydrogen-bond donors (Lipinski definition) is 1. The van der Waals surface area contributed by atoms with Crippen molar-refractivity contribution in [3.8, 4) is 0 Å². The van der Waals surface area contributed by atoms with Crippen LogP contribution in [0.4, 0.5) is 0 Å². The predicted octanol–water partition coefficient (Wildman–Crippen LogP) is 3.14. The Morgan fingerprint density at radius 1 is 1.33 bits per heavy atom. The second-order valence-corrected chi connectivity index (χ2v) is 6.91. The number of likely N-dealkylation sites (tertiary alicyclic amines) is 1. The Labute approximate surface area is 111 Å². The molecule has 0 bridgehead atoms. The Balaban J connectivity index is 2.10. The quantitative estimate of drug-likeness (QED) is 0.840. The van der Waals surface area contributed by atoms with E-state index in [1.807, 2.05) is 6.92 Å². The van der Waals surface area contributed by atoms with Crippen LogP contribution in [0.5, 0.6) is 0 Å². The molecule has 0 aromatic heterocycles. The van der Waals surface area contributed by atoms with Gasteiger partial charge in [0.15, 0.2) is 0 Å². The molecule has 2 atom stereocenters. The normalized spacial score (nSPS) is 36.7. The highest BCUT2D eigenvalue weighted by atomic mass is 16.4. The fraction of sp³-hybridized carbons (Fsp3) is 0.933. The summed E-state index contributed by atoms with van der Waals surface area (Å²) >= 11 is 0. The van der Waals surface area contributed by atoms with E-state index in [1.54, 1.807) is 0 Å². The maximum atomic E-state index is 11.5. The van der Waals surface area contributed by atoms with Gasteiger partial charge in [-0.05, 0) is 37.6 Å². The topological polar surface area (TPSA) is 40.5 Å². The maximum Gasteiger partial charge on any atom is 0.310 e. The summed E-state index contributed by atoms with van der Waals surface area (Å²) in [5.74, 6) is -0.596. The fourth-order valence-electron chi connectivity index (χ4n) is 3.94. The third-order valence-corrected chi connectivity index (χ3v) is 5.41. The van der Waals surface area contributed by atoms with Crippen LogP contribution in [-0.2, 0) is 4.79 Å². The predicted molar refractivity (Wildman–Crippen MR) is 72.6 cm³/mol. The molecular formula is C15H27NO2.